The van der Waals surface area contributed by atoms with Gasteiger partial charge in [-0.25, -0.2) is 18.7 Å². The highest BCUT2D eigenvalue weighted by molar-refractivity contribution is 5.94. The molecule has 5 nitrogen and oxygen atoms in total. The fraction of sp³-hybridized carbons (Fsp3) is 0.312. The molecule has 2 aromatic rings. The van der Waals surface area contributed by atoms with Gasteiger partial charge in [-0.15, -0.1) is 0 Å². The lowest BCUT2D eigenvalue weighted by atomic mass is 10.1. The van der Waals surface area contributed by atoms with Crippen molar-refractivity contribution in [1.29, 1.82) is 0 Å². The number of hydrogen-bond donors (Lipinski definition) is 0. The molecule has 0 saturated carbocycles. The standard InChI is InChI=1S/C16H15F2N3O2/c17-12-4-1-5-13(18)15(12)16(22)21-8-2-3-11(9-21)23-14-6-7-19-10-20-14/h1,4-7,10-11H,2-3,8-9H2. The SMILES string of the molecule is O=C(c1c(F)cccc1F)N1CCCC(Oc2ccncn2)C1. The molecule has 3 rings (SSSR count). The van der Waals surface area contributed by atoms with Crippen LogP contribution in [0.4, 0.5) is 8.78 Å². The number of benzene rings is 1. The first-order chi connectivity index (χ1) is 11.1. The summed E-state index contributed by atoms with van der Waals surface area (Å²) in [7, 11) is 0. The average molecular weight is 319 g/mol. The molecule has 0 aliphatic carbocycles. The van der Waals surface area contributed by atoms with Gasteiger partial charge in [0.2, 0.25) is 5.88 Å². The van der Waals surface area contributed by atoms with Crippen LogP contribution in [-0.2, 0) is 0 Å². The minimum absolute atomic E-state index is 0.261. The topological polar surface area (TPSA) is 55.3 Å². The largest absolute Gasteiger partial charge is 0.472 e. The zero-order valence-electron chi connectivity index (χ0n) is 12.3. The second-order valence-corrected chi connectivity index (χ2v) is 5.28. The Hall–Kier alpha value is -2.57. The van der Waals surface area contributed by atoms with Crippen molar-refractivity contribution in [2.75, 3.05) is 13.1 Å². The van der Waals surface area contributed by atoms with E-state index in [9.17, 15) is 13.6 Å². The lowest BCUT2D eigenvalue weighted by Gasteiger charge is -2.32. The quantitative estimate of drug-likeness (QED) is 0.872. The molecule has 7 heteroatoms. The molecule has 23 heavy (non-hydrogen) atoms. The third kappa shape index (κ3) is 3.44. The summed E-state index contributed by atoms with van der Waals surface area (Å²) in [6.07, 6.45) is 4.10. The summed E-state index contributed by atoms with van der Waals surface area (Å²) >= 11 is 0. The van der Waals surface area contributed by atoms with Gasteiger partial charge in [0.15, 0.2) is 0 Å². The maximum atomic E-state index is 13.8. The lowest BCUT2D eigenvalue weighted by molar-refractivity contribution is 0.0519. The first kappa shape index (κ1) is 15.3. The maximum Gasteiger partial charge on any atom is 0.259 e. The summed E-state index contributed by atoms with van der Waals surface area (Å²) in [5, 5.41) is 0. The monoisotopic (exact) mass is 319 g/mol. The van der Waals surface area contributed by atoms with Crippen LogP contribution in [0.25, 0.3) is 0 Å². The number of hydrogen-bond acceptors (Lipinski definition) is 4. The Morgan fingerprint density at radius 1 is 1.26 bits per heavy atom. The van der Waals surface area contributed by atoms with Crippen molar-refractivity contribution in [3.8, 4) is 5.88 Å². The molecule has 1 aromatic carbocycles. The summed E-state index contributed by atoms with van der Waals surface area (Å²) in [5.74, 6) is -1.95. The van der Waals surface area contributed by atoms with Crippen LogP contribution in [0.15, 0.2) is 36.8 Å². The van der Waals surface area contributed by atoms with Crippen LogP contribution in [0.2, 0.25) is 0 Å². The smallest absolute Gasteiger partial charge is 0.259 e. The van der Waals surface area contributed by atoms with E-state index in [-0.39, 0.29) is 12.6 Å². The van der Waals surface area contributed by atoms with Gasteiger partial charge in [-0.05, 0) is 25.0 Å². The van der Waals surface area contributed by atoms with Gasteiger partial charge < -0.3 is 9.64 Å². The molecule has 0 spiro atoms. The van der Waals surface area contributed by atoms with Gasteiger partial charge in [-0.3, -0.25) is 4.79 Å². The van der Waals surface area contributed by atoms with Gasteiger partial charge >= 0.3 is 0 Å². The van der Waals surface area contributed by atoms with Crippen LogP contribution in [0.1, 0.15) is 23.2 Å². The Labute approximate surface area is 131 Å². The van der Waals surface area contributed by atoms with E-state index < -0.39 is 23.1 Å². The van der Waals surface area contributed by atoms with E-state index in [0.717, 1.165) is 18.6 Å². The predicted octanol–water partition coefficient (Wildman–Crippen LogP) is 2.44. The molecular weight excluding hydrogens is 304 g/mol. The van der Waals surface area contributed by atoms with Crippen molar-refractivity contribution in [2.24, 2.45) is 0 Å². The third-order valence-corrected chi connectivity index (χ3v) is 3.68. The average Bonchev–Trinajstić information content (AvgIpc) is 2.56. The molecule has 0 N–H and O–H groups in total. The van der Waals surface area contributed by atoms with E-state index in [0.29, 0.717) is 18.8 Å². The number of ether oxygens (including phenoxy) is 1. The van der Waals surface area contributed by atoms with Crippen molar-refractivity contribution in [2.45, 2.75) is 18.9 Å². The molecule has 1 unspecified atom stereocenters. The molecule has 0 bridgehead atoms. The number of aromatic nitrogens is 2. The first-order valence-electron chi connectivity index (χ1n) is 7.31. The Bertz CT molecular complexity index is 677. The van der Waals surface area contributed by atoms with Gasteiger partial charge in [0, 0.05) is 18.8 Å². The van der Waals surface area contributed by atoms with E-state index in [1.807, 2.05) is 0 Å². The highest BCUT2D eigenvalue weighted by atomic mass is 19.1. The van der Waals surface area contributed by atoms with E-state index in [1.165, 1.54) is 17.3 Å². The Morgan fingerprint density at radius 2 is 2.04 bits per heavy atom. The van der Waals surface area contributed by atoms with E-state index in [1.54, 1.807) is 12.3 Å². The summed E-state index contributed by atoms with van der Waals surface area (Å²) in [6.45, 7) is 0.701. The van der Waals surface area contributed by atoms with Crippen LogP contribution in [-0.4, -0.2) is 40.0 Å². The minimum atomic E-state index is -0.853. The zero-order valence-corrected chi connectivity index (χ0v) is 12.3. The number of rotatable bonds is 3. The Kier molecular flexibility index (Phi) is 4.45. The van der Waals surface area contributed by atoms with Crippen molar-refractivity contribution in [3.05, 3.63) is 54.0 Å². The Balaban J connectivity index is 1.72. The molecule has 2 heterocycles. The van der Waals surface area contributed by atoms with E-state index >= 15 is 0 Å². The molecule has 1 amide bonds. The van der Waals surface area contributed by atoms with E-state index in [4.69, 9.17) is 4.74 Å². The minimum Gasteiger partial charge on any atom is -0.472 e. The summed E-state index contributed by atoms with van der Waals surface area (Å²) in [4.78, 5) is 21.6. The number of piperidine rings is 1. The number of amides is 1. The number of nitrogens with zero attached hydrogens (tertiary/aromatic N) is 3. The Morgan fingerprint density at radius 3 is 2.74 bits per heavy atom. The van der Waals surface area contributed by atoms with Gasteiger partial charge in [-0.1, -0.05) is 6.07 Å². The molecule has 1 aliphatic rings. The molecular formula is C16H15F2N3O2. The molecule has 1 saturated heterocycles. The normalized spacial score (nSPS) is 17.8. The van der Waals surface area contributed by atoms with Crippen molar-refractivity contribution in [1.82, 2.24) is 14.9 Å². The molecule has 1 fully saturated rings. The second-order valence-electron chi connectivity index (χ2n) is 5.28. The summed E-state index contributed by atoms with van der Waals surface area (Å²) in [5.41, 5.74) is -0.518. The van der Waals surface area contributed by atoms with Crippen LogP contribution >= 0.6 is 0 Å². The summed E-state index contributed by atoms with van der Waals surface area (Å²) < 4.78 is 33.2. The number of likely N-dealkylation sites (tertiary alicyclic amines) is 1. The van der Waals surface area contributed by atoms with Gasteiger partial charge in [-0.2, -0.15) is 0 Å². The molecule has 1 atom stereocenters. The summed E-state index contributed by atoms with van der Waals surface area (Å²) in [6, 6.07) is 5.01. The molecule has 0 radical (unpaired) electrons. The van der Waals surface area contributed by atoms with Crippen LogP contribution < -0.4 is 4.74 Å². The van der Waals surface area contributed by atoms with Crippen LogP contribution in [0, 0.1) is 11.6 Å². The van der Waals surface area contributed by atoms with Crippen LogP contribution in [0.3, 0.4) is 0 Å². The van der Waals surface area contributed by atoms with E-state index in [2.05, 4.69) is 9.97 Å². The van der Waals surface area contributed by atoms with Crippen molar-refractivity contribution < 1.29 is 18.3 Å². The fourth-order valence-corrected chi connectivity index (χ4v) is 2.60. The third-order valence-electron chi connectivity index (χ3n) is 3.68. The second kappa shape index (κ2) is 6.68. The molecule has 1 aliphatic heterocycles. The number of carbonyl (C=O) groups excluding carboxylic acids is 1. The van der Waals surface area contributed by atoms with Crippen molar-refractivity contribution in [3.63, 3.8) is 0 Å². The maximum absolute atomic E-state index is 13.8. The number of halogens is 2. The first-order valence-corrected chi connectivity index (χ1v) is 7.31. The fourth-order valence-electron chi connectivity index (χ4n) is 2.60. The zero-order chi connectivity index (χ0) is 16.2. The predicted molar refractivity (Wildman–Crippen MR) is 77.9 cm³/mol. The van der Waals surface area contributed by atoms with Crippen LogP contribution in [0.5, 0.6) is 5.88 Å². The molecule has 120 valence electrons. The van der Waals surface area contributed by atoms with Gasteiger partial charge in [0.05, 0.1) is 6.54 Å². The van der Waals surface area contributed by atoms with Crippen molar-refractivity contribution >= 4 is 5.91 Å². The highest BCUT2D eigenvalue weighted by Crippen LogP contribution is 2.20. The highest BCUT2D eigenvalue weighted by Gasteiger charge is 2.29. The number of carbonyl (C=O) groups is 1. The van der Waals surface area contributed by atoms with Gasteiger partial charge in [0.25, 0.3) is 5.91 Å². The van der Waals surface area contributed by atoms with Gasteiger partial charge in [0.1, 0.15) is 29.6 Å². The lowest BCUT2D eigenvalue weighted by Crippen LogP contribution is -2.45. The molecule has 1 aromatic heterocycles.